The van der Waals surface area contributed by atoms with Crippen LogP contribution in [0, 0.1) is 5.92 Å². The highest BCUT2D eigenvalue weighted by Gasteiger charge is 2.48. The molecule has 3 rings (SSSR count). The highest BCUT2D eigenvalue weighted by Crippen LogP contribution is 2.40. The molecule has 0 aliphatic carbocycles. The number of carbonyl (C=O) groups is 2. The molecular formula is C17H23N3O3. The van der Waals surface area contributed by atoms with Gasteiger partial charge in [-0.05, 0) is 38.4 Å². The van der Waals surface area contributed by atoms with E-state index in [4.69, 9.17) is 4.74 Å². The number of piperidine rings is 1. The average molecular weight is 317 g/mol. The van der Waals surface area contributed by atoms with E-state index in [0.717, 1.165) is 24.3 Å². The van der Waals surface area contributed by atoms with E-state index in [9.17, 15) is 9.59 Å². The lowest BCUT2D eigenvalue weighted by Crippen LogP contribution is -2.69. The molecule has 1 aromatic rings. The van der Waals surface area contributed by atoms with Gasteiger partial charge in [0.25, 0.3) is 0 Å². The van der Waals surface area contributed by atoms with E-state index in [-0.39, 0.29) is 36.0 Å². The summed E-state index contributed by atoms with van der Waals surface area (Å²) in [5.41, 5.74) is 1.03. The second kappa shape index (κ2) is 6.20. The average Bonchev–Trinajstić information content (AvgIpc) is 2.53. The van der Waals surface area contributed by atoms with Crippen LogP contribution in [0.3, 0.4) is 0 Å². The molecule has 0 spiro atoms. The van der Waals surface area contributed by atoms with Gasteiger partial charge in [-0.15, -0.1) is 0 Å². The van der Waals surface area contributed by atoms with Crippen LogP contribution in [0.1, 0.15) is 31.7 Å². The summed E-state index contributed by atoms with van der Waals surface area (Å²) in [7, 11) is 1.64. The summed E-state index contributed by atoms with van der Waals surface area (Å²) in [6, 6.07) is 7.50. The van der Waals surface area contributed by atoms with E-state index in [1.165, 1.54) is 0 Å². The largest absolute Gasteiger partial charge is 0.496 e. The Morgan fingerprint density at radius 1 is 1.26 bits per heavy atom. The van der Waals surface area contributed by atoms with E-state index in [1.54, 1.807) is 12.0 Å². The summed E-state index contributed by atoms with van der Waals surface area (Å²) in [5, 5.41) is 5.87. The van der Waals surface area contributed by atoms with Gasteiger partial charge in [-0.3, -0.25) is 15.4 Å². The maximum atomic E-state index is 12.6. The van der Waals surface area contributed by atoms with Gasteiger partial charge in [0.1, 0.15) is 5.75 Å². The van der Waals surface area contributed by atoms with Crippen LogP contribution in [-0.4, -0.2) is 42.7 Å². The third-order valence-electron chi connectivity index (χ3n) is 4.74. The van der Waals surface area contributed by atoms with Gasteiger partial charge in [0.05, 0.1) is 19.2 Å². The van der Waals surface area contributed by atoms with Crippen molar-refractivity contribution in [2.45, 2.75) is 38.4 Å². The van der Waals surface area contributed by atoms with Gasteiger partial charge in [-0.1, -0.05) is 18.2 Å². The standard InChI is InChI=1S/C17H23N3O3/c1-10(2)20-15-14(16(21)19-17(20)22)12(8-9-18-15)11-6-4-5-7-13(11)23-3/h4-7,10,12,14-15,18H,8-9H2,1-3H3,(H,19,21,22). The number of hydrogen-bond donors (Lipinski definition) is 2. The predicted molar refractivity (Wildman–Crippen MR) is 86.1 cm³/mol. The Balaban J connectivity index is 2.00. The van der Waals surface area contributed by atoms with Crippen molar-refractivity contribution in [3.63, 3.8) is 0 Å². The second-order valence-corrected chi connectivity index (χ2v) is 6.36. The molecule has 3 unspecified atom stereocenters. The Labute approximate surface area is 136 Å². The third kappa shape index (κ3) is 2.67. The first-order valence-electron chi connectivity index (χ1n) is 8.04. The summed E-state index contributed by atoms with van der Waals surface area (Å²) in [5.74, 6) is 0.283. The fraction of sp³-hybridized carbons (Fsp3) is 0.529. The van der Waals surface area contributed by atoms with E-state index in [0.29, 0.717) is 0 Å². The summed E-state index contributed by atoms with van der Waals surface area (Å²) >= 11 is 0. The Bertz CT molecular complexity index is 617. The Morgan fingerprint density at radius 2 is 2.00 bits per heavy atom. The molecular weight excluding hydrogens is 294 g/mol. The highest BCUT2D eigenvalue weighted by molar-refractivity contribution is 5.99. The molecule has 6 nitrogen and oxygen atoms in total. The fourth-order valence-corrected chi connectivity index (χ4v) is 3.77. The Kier molecular flexibility index (Phi) is 4.26. The predicted octanol–water partition coefficient (Wildman–Crippen LogP) is 1.67. The number of carbonyl (C=O) groups excluding carboxylic acids is 2. The van der Waals surface area contributed by atoms with E-state index in [2.05, 4.69) is 10.6 Å². The van der Waals surface area contributed by atoms with Crippen LogP contribution in [0.2, 0.25) is 0 Å². The van der Waals surface area contributed by atoms with Crippen LogP contribution < -0.4 is 15.4 Å². The van der Waals surface area contributed by atoms with Crippen molar-refractivity contribution in [1.82, 2.24) is 15.5 Å². The van der Waals surface area contributed by atoms with Gasteiger partial charge < -0.3 is 9.64 Å². The number of hydrogen-bond acceptors (Lipinski definition) is 4. The Hall–Kier alpha value is -2.08. The van der Waals surface area contributed by atoms with Crippen molar-refractivity contribution in [1.29, 1.82) is 0 Å². The van der Waals surface area contributed by atoms with Gasteiger partial charge >= 0.3 is 6.03 Å². The first-order valence-corrected chi connectivity index (χ1v) is 8.04. The number of fused-ring (bicyclic) bond motifs is 1. The minimum Gasteiger partial charge on any atom is -0.496 e. The molecule has 2 aliphatic heterocycles. The molecule has 0 aromatic heterocycles. The summed E-state index contributed by atoms with van der Waals surface area (Å²) < 4.78 is 5.48. The molecule has 0 radical (unpaired) electrons. The summed E-state index contributed by atoms with van der Waals surface area (Å²) in [6.45, 7) is 4.68. The van der Waals surface area contributed by atoms with Gasteiger partial charge in [0.2, 0.25) is 5.91 Å². The minimum atomic E-state index is -0.320. The van der Waals surface area contributed by atoms with Crippen molar-refractivity contribution in [2.24, 2.45) is 5.92 Å². The van der Waals surface area contributed by atoms with Gasteiger partial charge in [0, 0.05) is 12.0 Å². The monoisotopic (exact) mass is 317 g/mol. The van der Waals surface area contributed by atoms with E-state index < -0.39 is 0 Å². The van der Waals surface area contributed by atoms with Crippen molar-refractivity contribution >= 4 is 11.9 Å². The molecule has 6 heteroatoms. The first-order chi connectivity index (χ1) is 11.0. The number of para-hydroxylation sites is 1. The van der Waals surface area contributed by atoms with Crippen LogP contribution in [0.25, 0.3) is 0 Å². The molecule has 124 valence electrons. The maximum absolute atomic E-state index is 12.6. The molecule has 3 atom stereocenters. The van der Waals surface area contributed by atoms with Gasteiger partial charge in [-0.2, -0.15) is 0 Å². The van der Waals surface area contributed by atoms with E-state index >= 15 is 0 Å². The minimum absolute atomic E-state index is 0.0134. The molecule has 0 bridgehead atoms. The topological polar surface area (TPSA) is 70.7 Å². The molecule has 2 saturated heterocycles. The fourth-order valence-electron chi connectivity index (χ4n) is 3.77. The van der Waals surface area contributed by atoms with Crippen LogP contribution in [0.15, 0.2) is 24.3 Å². The van der Waals surface area contributed by atoms with Gasteiger partial charge in [-0.25, -0.2) is 4.79 Å². The maximum Gasteiger partial charge on any atom is 0.325 e. The second-order valence-electron chi connectivity index (χ2n) is 6.36. The number of benzene rings is 1. The molecule has 3 amide bonds. The summed E-state index contributed by atoms with van der Waals surface area (Å²) in [6.07, 6.45) is 0.551. The molecule has 23 heavy (non-hydrogen) atoms. The number of rotatable bonds is 3. The molecule has 2 fully saturated rings. The number of imide groups is 1. The normalized spacial score (nSPS) is 27.7. The van der Waals surface area contributed by atoms with Crippen molar-refractivity contribution < 1.29 is 14.3 Å². The zero-order valence-electron chi connectivity index (χ0n) is 13.7. The van der Waals surface area contributed by atoms with Crippen LogP contribution in [0.4, 0.5) is 4.79 Å². The number of nitrogens with zero attached hydrogens (tertiary/aromatic N) is 1. The molecule has 2 heterocycles. The number of methoxy groups -OCH3 is 1. The molecule has 0 saturated carbocycles. The van der Waals surface area contributed by atoms with Crippen molar-refractivity contribution in [3.8, 4) is 5.75 Å². The summed E-state index contributed by atoms with van der Waals surface area (Å²) in [4.78, 5) is 26.5. The number of amides is 3. The van der Waals surface area contributed by atoms with Crippen molar-refractivity contribution in [2.75, 3.05) is 13.7 Å². The highest BCUT2D eigenvalue weighted by atomic mass is 16.5. The number of ether oxygens (including phenoxy) is 1. The number of nitrogens with one attached hydrogen (secondary N) is 2. The molecule has 2 N–H and O–H groups in total. The number of urea groups is 1. The third-order valence-corrected chi connectivity index (χ3v) is 4.74. The van der Waals surface area contributed by atoms with Crippen LogP contribution >= 0.6 is 0 Å². The van der Waals surface area contributed by atoms with Gasteiger partial charge in [0.15, 0.2) is 0 Å². The van der Waals surface area contributed by atoms with E-state index in [1.807, 2.05) is 38.1 Å². The zero-order valence-corrected chi connectivity index (χ0v) is 13.7. The lowest BCUT2D eigenvalue weighted by atomic mass is 9.77. The SMILES string of the molecule is COc1ccccc1C1CCNC2C1C(=O)NC(=O)N2C(C)C. The zero-order chi connectivity index (χ0) is 16.6. The Morgan fingerprint density at radius 3 is 2.70 bits per heavy atom. The molecule has 2 aliphatic rings. The lowest BCUT2D eigenvalue weighted by molar-refractivity contribution is -0.131. The van der Waals surface area contributed by atoms with Crippen LogP contribution in [0.5, 0.6) is 5.75 Å². The lowest BCUT2D eigenvalue weighted by Gasteiger charge is -2.48. The molecule has 1 aromatic carbocycles. The quantitative estimate of drug-likeness (QED) is 0.890. The van der Waals surface area contributed by atoms with Crippen molar-refractivity contribution in [3.05, 3.63) is 29.8 Å². The first kappa shape index (κ1) is 15.8. The smallest absolute Gasteiger partial charge is 0.325 e. The van der Waals surface area contributed by atoms with Crippen LogP contribution in [-0.2, 0) is 4.79 Å².